The molecule has 1 nitrogen and oxygen atoms in total. The number of hydrogen-bond donors (Lipinski definition) is 1. The van der Waals surface area contributed by atoms with Crippen molar-refractivity contribution >= 4 is 0 Å². The van der Waals surface area contributed by atoms with Crippen LogP contribution >= 0.6 is 0 Å². The monoisotopic (exact) mass is 243 g/mol. The first-order chi connectivity index (χ1) is 8.70. The van der Waals surface area contributed by atoms with Crippen LogP contribution in [0.2, 0.25) is 0 Å². The van der Waals surface area contributed by atoms with Gasteiger partial charge in [-0.05, 0) is 47.9 Å². The van der Waals surface area contributed by atoms with Gasteiger partial charge in [0.15, 0.2) is 0 Å². The van der Waals surface area contributed by atoms with E-state index in [0.29, 0.717) is 0 Å². The average Bonchev–Trinajstić information content (AvgIpc) is 2.37. The van der Waals surface area contributed by atoms with Crippen molar-refractivity contribution in [1.29, 1.82) is 0 Å². The average molecular weight is 243 g/mol. The third-order valence-electron chi connectivity index (χ3n) is 3.03. The molecule has 0 amide bonds. The second-order valence-electron chi connectivity index (χ2n) is 4.44. The summed E-state index contributed by atoms with van der Waals surface area (Å²) < 4.78 is 13.1. The van der Waals surface area contributed by atoms with Crippen molar-refractivity contribution in [3.05, 3.63) is 59.4 Å². The summed E-state index contributed by atoms with van der Waals surface area (Å²) in [6.07, 6.45) is 0. The van der Waals surface area contributed by atoms with Gasteiger partial charge in [0.2, 0.25) is 0 Å². The van der Waals surface area contributed by atoms with E-state index in [4.69, 9.17) is 0 Å². The topological polar surface area (TPSA) is 12.0 Å². The van der Waals surface area contributed by atoms with Gasteiger partial charge >= 0.3 is 0 Å². The van der Waals surface area contributed by atoms with Gasteiger partial charge in [-0.3, -0.25) is 0 Å². The van der Waals surface area contributed by atoms with E-state index in [0.717, 1.165) is 29.8 Å². The number of halogens is 1. The van der Waals surface area contributed by atoms with Crippen LogP contribution in [-0.4, -0.2) is 6.54 Å². The lowest BCUT2D eigenvalue weighted by Crippen LogP contribution is -2.11. The first kappa shape index (κ1) is 12.8. The quantitative estimate of drug-likeness (QED) is 0.858. The summed E-state index contributed by atoms with van der Waals surface area (Å²) in [5, 5.41) is 3.29. The number of hydrogen-bond acceptors (Lipinski definition) is 1. The van der Waals surface area contributed by atoms with E-state index in [9.17, 15) is 4.39 Å². The number of benzene rings is 2. The van der Waals surface area contributed by atoms with E-state index in [2.05, 4.69) is 36.5 Å². The largest absolute Gasteiger partial charge is 0.313 e. The minimum absolute atomic E-state index is 0.181. The lowest BCUT2D eigenvalue weighted by Gasteiger charge is -2.08. The molecule has 0 aromatic heterocycles. The third-order valence-corrected chi connectivity index (χ3v) is 3.03. The second kappa shape index (κ2) is 5.78. The minimum Gasteiger partial charge on any atom is -0.313 e. The van der Waals surface area contributed by atoms with Crippen LogP contribution in [0, 0.1) is 12.7 Å². The van der Waals surface area contributed by atoms with E-state index >= 15 is 0 Å². The molecule has 18 heavy (non-hydrogen) atoms. The molecule has 2 heteroatoms. The maximum Gasteiger partial charge on any atom is 0.123 e. The Hall–Kier alpha value is -1.67. The van der Waals surface area contributed by atoms with Gasteiger partial charge in [-0.2, -0.15) is 0 Å². The summed E-state index contributed by atoms with van der Waals surface area (Å²) in [5.74, 6) is -0.181. The summed E-state index contributed by atoms with van der Waals surface area (Å²) in [5.41, 5.74) is 4.45. The molecule has 0 heterocycles. The van der Waals surface area contributed by atoms with Crippen molar-refractivity contribution in [2.24, 2.45) is 0 Å². The Morgan fingerprint density at radius 1 is 1.06 bits per heavy atom. The standard InChI is InChI=1S/C16H18FN/c1-3-18-11-13-4-6-14(7-5-13)16-9-8-15(17)10-12(16)2/h4-10,18H,3,11H2,1-2H3. The molecule has 2 aromatic rings. The molecule has 0 fully saturated rings. The lowest BCUT2D eigenvalue weighted by molar-refractivity contribution is 0.627. The van der Waals surface area contributed by atoms with Crippen LogP contribution in [0.25, 0.3) is 11.1 Å². The molecule has 0 aliphatic heterocycles. The van der Waals surface area contributed by atoms with Crippen molar-refractivity contribution in [1.82, 2.24) is 5.32 Å². The van der Waals surface area contributed by atoms with Crippen molar-refractivity contribution in [3.63, 3.8) is 0 Å². The van der Waals surface area contributed by atoms with Crippen LogP contribution in [0.3, 0.4) is 0 Å². The molecule has 0 aliphatic rings. The SMILES string of the molecule is CCNCc1ccc(-c2ccc(F)cc2C)cc1. The zero-order chi connectivity index (χ0) is 13.0. The third kappa shape index (κ3) is 2.96. The van der Waals surface area contributed by atoms with Gasteiger partial charge in [-0.15, -0.1) is 0 Å². The highest BCUT2D eigenvalue weighted by Crippen LogP contribution is 2.24. The fraction of sp³-hybridized carbons (Fsp3) is 0.250. The van der Waals surface area contributed by atoms with Gasteiger partial charge in [-0.25, -0.2) is 4.39 Å². The zero-order valence-electron chi connectivity index (χ0n) is 10.8. The van der Waals surface area contributed by atoms with Gasteiger partial charge < -0.3 is 5.32 Å². The predicted octanol–water partition coefficient (Wildman–Crippen LogP) is 3.91. The summed E-state index contributed by atoms with van der Waals surface area (Å²) in [4.78, 5) is 0. The van der Waals surface area contributed by atoms with E-state index in [1.54, 1.807) is 6.07 Å². The minimum atomic E-state index is -0.181. The number of nitrogens with one attached hydrogen (secondary N) is 1. The van der Waals surface area contributed by atoms with Crippen molar-refractivity contribution in [2.45, 2.75) is 20.4 Å². The predicted molar refractivity (Wildman–Crippen MR) is 74.0 cm³/mol. The molecule has 1 N–H and O–H groups in total. The van der Waals surface area contributed by atoms with Gasteiger partial charge in [0, 0.05) is 6.54 Å². The molecule has 0 spiro atoms. The highest BCUT2D eigenvalue weighted by Gasteiger charge is 2.03. The van der Waals surface area contributed by atoms with Crippen LogP contribution in [-0.2, 0) is 6.54 Å². The first-order valence-electron chi connectivity index (χ1n) is 6.27. The van der Waals surface area contributed by atoms with E-state index in [1.807, 2.05) is 13.0 Å². The maximum absolute atomic E-state index is 13.1. The molecular weight excluding hydrogens is 225 g/mol. The van der Waals surface area contributed by atoms with Crippen LogP contribution in [0.4, 0.5) is 4.39 Å². The molecule has 0 unspecified atom stereocenters. The van der Waals surface area contributed by atoms with Crippen LogP contribution in [0.15, 0.2) is 42.5 Å². The Bertz CT molecular complexity index is 517. The molecule has 0 saturated heterocycles. The molecule has 0 radical (unpaired) electrons. The highest BCUT2D eigenvalue weighted by atomic mass is 19.1. The molecule has 0 bridgehead atoms. The Balaban J connectivity index is 2.23. The molecule has 2 aromatic carbocycles. The highest BCUT2D eigenvalue weighted by molar-refractivity contribution is 5.67. The summed E-state index contributed by atoms with van der Waals surface area (Å²) in [6, 6.07) is 13.3. The lowest BCUT2D eigenvalue weighted by atomic mass is 9.99. The van der Waals surface area contributed by atoms with E-state index in [-0.39, 0.29) is 5.82 Å². The molecule has 0 aliphatic carbocycles. The van der Waals surface area contributed by atoms with Gasteiger partial charge in [0.05, 0.1) is 0 Å². The molecular formula is C16H18FN. The normalized spacial score (nSPS) is 10.6. The Morgan fingerprint density at radius 2 is 1.78 bits per heavy atom. The number of rotatable bonds is 4. The smallest absolute Gasteiger partial charge is 0.123 e. The van der Waals surface area contributed by atoms with E-state index in [1.165, 1.54) is 11.6 Å². The second-order valence-corrected chi connectivity index (χ2v) is 4.44. The molecule has 0 saturated carbocycles. The summed E-state index contributed by atoms with van der Waals surface area (Å²) >= 11 is 0. The Morgan fingerprint density at radius 3 is 2.39 bits per heavy atom. The summed E-state index contributed by atoms with van der Waals surface area (Å²) in [7, 11) is 0. The number of aryl methyl sites for hydroxylation is 1. The Kier molecular flexibility index (Phi) is 4.11. The molecule has 2 rings (SSSR count). The maximum atomic E-state index is 13.1. The van der Waals surface area contributed by atoms with Gasteiger partial charge in [0.1, 0.15) is 5.82 Å². The van der Waals surface area contributed by atoms with Gasteiger partial charge in [0.25, 0.3) is 0 Å². The fourth-order valence-corrected chi connectivity index (χ4v) is 2.02. The van der Waals surface area contributed by atoms with Crippen LogP contribution in [0.1, 0.15) is 18.1 Å². The van der Waals surface area contributed by atoms with Gasteiger partial charge in [-0.1, -0.05) is 37.3 Å². The van der Waals surface area contributed by atoms with E-state index < -0.39 is 0 Å². The van der Waals surface area contributed by atoms with Crippen molar-refractivity contribution < 1.29 is 4.39 Å². The first-order valence-corrected chi connectivity index (χ1v) is 6.27. The van der Waals surface area contributed by atoms with Crippen LogP contribution < -0.4 is 5.32 Å². The Labute approximate surface area is 108 Å². The van der Waals surface area contributed by atoms with Crippen molar-refractivity contribution in [3.8, 4) is 11.1 Å². The van der Waals surface area contributed by atoms with Crippen LogP contribution in [0.5, 0.6) is 0 Å². The zero-order valence-corrected chi connectivity index (χ0v) is 10.8. The molecule has 94 valence electrons. The fourth-order valence-electron chi connectivity index (χ4n) is 2.02. The van der Waals surface area contributed by atoms with Crippen molar-refractivity contribution in [2.75, 3.05) is 6.54 Å². The summed E-state index contributed by atoms with van der Waals surface area (Å²) in [6.45, 7) is 5.89. The molecule has 0 atom stereocenters.